The van der Waals surface area contributed by atoms with Crippen LogP contribution in [0.25, 0.3) is 0 Å². The van der Waals surface area contributed by atoms with E-state index in [0.29, 0.717) is 23.9 Å². The van der Waals surface area contributed by atoms with Gasteiger partial charge >= 0.3 is 5.97 Å². The third-order valence-electron chi connectivity index (χ3n) is 4.32. The third kappa shape index (κ3) is 4.37. The largest absolute Gasteiger partial charge is 0.465 e. The smallest absolute Gasteiger partial charge is 0.337 e. The second-order valence-electron chi connectivity index (χ2n) is 6.45. The lowest BCUT2D eigenvalue weighted by molar-refractivity contribution is 0.0600. The Balaban J connectivity index is 1.44. The maximum absolute atomic E-state index is 11.5. The van der Waals surface area contributed by atoms with Gasteiger partial charge in [-0.1, -0.05) is 6.07 Å². The van der Waals surface area contributed by atoms with E-state index in [2.05, 4.69) is 20.6 Å². The quantitative estimate of drug-likeness (QED) is 0.614. The second kappa shape index (κ2) is 8.05. The van der Waals surface area contributed by atoms with E-state index in [-0.39, 0.29) is 12.8 Å². The highest BCUT2D eigenvalue weighted by atomic mass is 16.7. The second-order valence-corrected chi connectivity index (χ2v) is 6.45. The Hall–Kier alpha value is -3.81. The topological polar surface area (TPSA) is 94.6 Å². The Morgan fingerprint density at radius 2 is 1.86 bits per heavy atom. The van der Waals surface area contributed by atoms with Crippen LogP contribution in [0.4, 0.5) is 17.5 Å². The minimum Gasteiger partial charge on any atom is -0.465 e. The van der Waals surface area contributed by atoms with Gasteiger partial charge in [0.2, 0.25) is 12.7 Å². The number of benzene rings is 2. The number of hydrogen-bond donors (Lipinski definition) is 2. The zero-order chi connectivity index (χ0) is 20.2. The minimum absolute atomic E-state index is 0.253. The molecule has 148 valence electrons. The van der Waals surface area contributed by atoms with Crippen LogP contribution in [0.3, 0.4) is 0 Å². The van der Waals surface area contributed by atoms with Crippen LogP contribution in [0.15, 0.2) is 48.5 Å². The number of rotatable bonds is 6. The molecule has 2 heterocycles. The summed E-state index contributed by atoms with van der Waals surface area (Å²) in [5.41, 5.74) is 3.15. The van der Waals surface area contributed by atoms with E-state index >= 15 is 0 Å². The number of carbonyl (C=O) groups is 1. The molecule has 4 rings (SSSR count). The van der Waals surface area contributed by atoms with E-state index in [9.17, 15) is 4.79 Å². The maximum atomic E-state index is 11.5. The summed E-state index contributed by atoms with van der Waals surface area (Å²) in [5.74, 6) is 2.29. The van der Waals surface area contributed by atoms with Crippen LogP contribution >= 0.6 is 0 Å². The normalized spacial score (nSPS) is 11.8. The first-order valence-corrected chi connectivity index (χ1v) is 9.04. The lowest BCUT2D eigenvalue weighted by Gasteiger charge is -2.11. The summed E-state index contributed by atoms with van der Waals surface area (Å²) in [6, 6.07) is 14.6. The number of aryl methyl sites for hydroxylation is 1. The van der Waals surface area contributed by atoms with Crippen LogP contribution in [-0.4, -0.2) is 29.8 Å². The van der Waals surface area contributed by atoms with E-state index < -0.39 is 0 Å². The Morgan fingerprint density at radius 3 is 2.66 bits per heavy atom. The van der Waals surface area contributed by atoms with Crippen molar-refractivity contribution in [3.63, 3.8) is 0 Å². The zero-order valence-corrected chi connectivity index (χ0v) is 16.1. The van der Waals surface area contributed by atoms with Crippen molar-refractivity contribution in [1.82, 2.24) is 9.97 Å². The molecule has 29 heavy (non-hydrogen) atoms. The minimum atomic E-state index is -0.371. The molecule has 1 aliphatic heterocycles. The fourth-order valence-corrected chi connectivity index (χ4v) is 2.90. The Morgan fingerprint density at radius 1 is 1.07 bits per heavy atom. The van der Waals surface area contributed by atoms with Gasteiger partial charge in [0.1, 0.15) is 5.82 Å². The van der Waals surface area contributed by atoms with Crippen LogP contribution in [-0.2, 0) is 11.3 Å². The monoisotopic (exact) mass is 392 g/mol. The molecule has 0 amide bonds. The Bertz CT molecular complexity index is 1040. The number of esters is 1. The molecule has 0 saturated heterocycles. The average Bonchev–Trinajstić information content (AvgIpc) is 3.20. The summed E-state index contributed by atoms with van der Waals surface area (Å²) in [4.78, 5) is 20.5. The molecule has 0 fully saturated rings. The van der Waals surface area contributed by atoms with Crippen molar-refractivity contribution < 1.29 is 19.0 Å². The molecule has 0 aliphatic carbocycles. The van der Waals surface area contributed by atoms with Crippen molar-refractivity contribution in [2.45, 2.75) is 13.5 Å². The molecule has 0 radical (unpaired) electrons. The van der Waals surface area contributed by atoms with Gasteiger partial charge in [0, 0.05) is 24.0 Å². The third-order valence-corrected chi connectivity index (χ3v) is 4.32. The van der Waals surface area contributed by atoms with E-state index in [1.807, 2.05) is 31.2 Å². The van der Waals surface area contributed by atoms with Crippen molar-refractivity contribution in [2.75, 3.05) is 24.5 Å². The Labute approximate surface area is 167 Å². The molecule has 8 heteroatoms. The standard InChI is InChI=1S/C21H20N4O4/c1-13-9-19(24-16-6-4-15(5-7-16)20(26)27-2)25-21(23-13)22-11-14-3-8-17-18(10-14)29-12-28-17/h3-10H,11-12H2,1-2H3,(H2,22,23,24,25). The van der Waals surface area contributed by atoms with Crippen LogP contribution in [0, 0.1) is 6.92 Å². The highest BCUT2D eigenvalue weighted by Crippen LogP contribution is 2.32. The highest BCUT2D eigenvalue weighted by Gasteiger charge is 2.13. The summed E-state index contributed by atoms with van der Waals surface area (Å²) in [7, 11) is 1.36. The van der Waals surface area contributed by atoms with Crippen LogP contribution in [0.1, 0.15) is 21.6 Å². The molecule has 2 N–H and O–H groups in total. The van der Waals surface area contributed by atoms with Gasteiger partial charge in [0.25, 0.3) is 0 Å². The van der Waals surface area contributed by atoms with Crippen molar-refractivity contribution in [3.05, 3.63) is 65.4 Å². The fraction of sp³-hybridized carbons (Fsp3) is 0.190. The predicted octanol–water partition coefficient (Wildman–Crippen LogP) is 3.66. The molecule has 1 aromatic heterocycles. The number of carbonyl (C=O) groups excluding carboxylic acids is 1. The molecule has 0 spiro atoms. The number of ether oxygens (including phenoxy) is 3. The molecule has 0 unspecified atom stereocenters. The predicted molar refractivity (Wildman–Crippen MR) is 108 cm³/mol. The first-order valence-electron chi connectivity index (χ1n) is 9.04. The number of nitrogens with zero attached hydrogens (tertiary/aromatic N) is 2. The molecule has 2 aromatic carbocycles. The SMILES string of the molecule is COC(=O)c1ccc(Nc2cc(C)nc(NCc3ccc4c(c3)OCO4)n2)cc1. The van der Waals surface area contributed by atoms with Gasteiger partial charge in [-0.15, -0.1) is 0 Å². The lowest BCUT2D eigenvalue weighted by Crippen LogP contribution is -2.06. The first-order chi connectivity index (χ1) is 14.1. The van der Waals surface area contributed by atoms with Crippen molar-refractivity contribution in [1.29, 1.82) is 0 Å². The van der Waals surface area contributed by atoms with Crippen molar-refractivity contribution >= 4 is 23.4 Å². The summed E-state index contributed by atoms with van der Waals surface area (Å²) in [5, 5.41) is 6.45. The number of fused-ring (bicyclic) bond motifs is 1. The number of aromatic nitrogens is 2. The van der Waals surface area contributed by atoms with Gasteiger partial charge < -0.3 is 24.8 Å². The van der Waals surface area contributed by atoms with Crippen molar-refractivity contribution in [2.24, 2.45) is 0 Å². The zero-order valence-electron chi connectivity index (χ0n) is 16.1. The molecule has 0 saturated carbocycles. The molecule has 0 bridgehead atoms. The summed E-state index contributed by atoms with van der Waals surface area (Å²) < 4.78 is 15.4. The lowest BCUT2D eigenvalue weighted by atomic mass is 10.2. The van der Waals surface area contributed by atoms with Gasteiger partial charge in [0.15, 0.2) is 11.5 Å². The fourth-order valence-electron chi connectivity index (χ4n) is 2.90. The average molecular weight is 392 g/mol. The summed E-state index contributed by atoms with van der Waals surface area (Å²) in [6.45, 7) is 2.70. The highest BCUT2D eigenvalue weighted by molar-refractivity contribution is 5.89. The van der Waals surface area contributed by atoms with E-state index in [0.717, 1.165) is 28.4 Å². The number of hydrogen-bond acceptors (Lipinski definition) is 8. The van der Waals surface area contributed by atoms with E-state index in [1.54, 1.807) is 24.3 Å². The first kappa shape index (κ1) is 18.5. The van der Waals surface area contributed by atoms with Gasteiger partial charge in [-0.2, -0.15) is 4.98 Å². The van der Waals surface area contributed by atoms with Gasteiger partial charge in [-0.25, -0.2) is 9.78 Å². The van der Waals surface area contributed by atoms with Crippen LogP contribution in [0.5, 0.6) is 11.5 Å². The summed E-state index contributed by atoms with van der Waals surface area (Å²) >= 11 is 0. The molecular weight excluding hydrogens is 372 g/mol. The van der Waals surface area contributed by atoms with Gasteiger partial charge in [0.05, 0.1) is 12.7 Å². The van der Waals surface area contributed by atoms with Gasteiger partial charge in [-0.3, -0.25) is 0 Å². The molecule has 8 nitrogen and oxygen atoms in total. The van der Waals surface area contributed by atoms with E-state index in [4.69, 9.17) is 14.2 Å². The van der Waals surface area contributed by atoms with Gasteiger partial charge in [-0.05, 0) is 48.9 Å². The number of nitrogens with one attached hydrogen (secondary N) is 2. The molecule has 1 aliphatic rings. The van der Waals surface area contributed by atoms with E-state index in [1.165, 1.54) is 7.11 Å². The van der Waals surface area contributed by atoms with Crippen LogP contribution in [0.2, 0.25) is 0 Å². The summed E-state index contributed by atoms with van der Waals surface area (Å²) in [6.07, 6.45) is 0. The Kier molecular flexibility index (Phi) is 5.15. The van der Waals surface area contributed by atoms with Crippen LogP contribution < -0.4 is 20.1 Å². The molecule has 3 aromatic rings. The number of anilines is 3. The molecule has 0 atom stereocenters. The maximum Gasteiger partial charge on any atom is 0.337 e. The molecular formula is C21H20N4O4. The van der Waals surface area contributed by atoms with Crippen molar-refractivity contribution in [3.8, 4) is 11.5 Å². The number of methoxy groups -OCH3 is 1.